The van der Waals surface area contributed by atoms with E-state index in [0.29, 0.717) is 6.04 Å². The molecular weight excluding hydrogens is 206 g/mol. The topological polar surface area (TPSA) is 29.1 Å². The molecule has 1 aromatic heterocycles. The molecule has 0 aromatic carbocycles. The van der Waals surface area contributed by atoms with Crippen molar-refractivity contribution in [3.8, 4) is 0 Å². The van der Waals surface area contributed by atoms with Crippen molar-refractivity contribution < 1.29 is 4.79 Å². The molecule has 1 aliphatic carbocycles. The van der Waals surface area contributed by atoms with Gasteiger partial charge in [0.2, 0.25) is 0 Å². The highest BCUT2D eigenvalue weighted by molar-refractivity contribution is 7.08. The minimum absolute atomic E-state index is 0.100. The van der Waals surface area contributed by atoms with E-state index in [1.54, 1.807) is 11.3 Å². The van der Waals surface area contributed by atoms with Crippen molar-refractivity contribution in [2.45, 2.75) is 44.6 Å². The van der Waals surface area contributed by atoms with Crippen LogP contribution in [-0.2, 0) is 0 Å². The second kappa shape index (κ2) is 5.31. The number of carbonyl (C=O) groups is 1. The summed E-state index contributed by atoms with van der Waals surface area (Å²) >= 11 is 1.57. The van der Waals surface area contributed by atoms with Crippen molar-refractivity contribution in [2.75, 3.05) is 0 Å². The average Bonchev–Trinajstić information content (AvgIpc) is 2.65. The van der Waals surface area contributed by atoms with Crippen LogP contribution in [0.3, 0.4) is 0 Å². The van der Waals surface area contributed by atoms with Crippen molar-refractivity contribution in [3.63, 3.8) is 0 Å². The van der Waals surface area contributed by atoms with E-state index in [4.69, 9.17) is 0 Å². The minimum Gasteiger partial charge on any atom is -0.349 e. The summed E-state index contributed by atoms with van der Waals surface area (Å²) in [5, 5.41) is 6.98. The lowest BCUT2D eigenvalue weighted by molar-refractivity contribution is 0.0934. The second-order valence-corrected chi connectivity index (χ2v) is 4.95. The third-order valence-electron chi connectivity index (χ3n) is 2.97. The summed E-state index contributed by atoms with van der Waals surface area (Å²) in [6, 6.07) is 2.29. The fourth-order valence-corrected chi connectivity index (χ4v) is 2.72. The van der Waals surface area contributed by atoms with Crippen molar-refractivity contribution in [3.05, 3.63) is 22.4 Å². The summed E-state index contributed by atoms with van der Waals surface area (Å²) in [4.78, 5) is 11.8. The van der Waals surface area contributed by atoms with E-state index >= 15 is 0 Å². The summed E-state index contributed by atoms with van der Waals surface area (Å²) in [5.74, 6) is 0.100. The van der Waals surface area contributed by atoms with Gasteiger partial charge >= 0.3 is 0 Å². The smallest absolute Gasteiger partial charge is 0.252 e. The maximum Gasteiger partial charge on any atom is 0.252 e. The lowest BCUT2D eigenvalue weighted by atomic mass is 10.1. The lowest BCUT2D eigenvalue weighted by Crippen LogP contribution is -2.34. The number of nitrogens with one attached hydrogen (secondary N) is 1. The zero-order valence-corrected chi connectivity index (χ0v) is 9.69. The lowest BCUT2D eigenvalue weighted by Gasteiger charge is -2.15. The van der Waals surface area contributed by atoms with Gasteiger partial charge in [-0.15, -0.1) is 0 Å². The molecule has 15 heavy (non-hydrogen) atoms. The van der Waals surface area contributed by atoms with Gasteiger partial charge in [-0.1, -0.05) is 25.7 Å². The van der Waals surface area contributed by atoms with Gasteiger partial charge in [-0.05, 0) is 24.3 Å². The van der Waals surface area contributed by atoms with Crippen LogP contribution in [0.4, 0.5) is 0 Å². The quantitative estimate of drug-likeness (QED) is 0.766. The van der Waals surface area contributed by atoms with Crippen molar-refractivity contribution >= 4 is 17.2 Å². The van der Waals surface area contributed by atoms with Gasteiger partial charge in [0.1, 0.15) is 0 Å². The normalized spacial score (nSPS) is 18.4. The molecule has 0 atom stereocenters. The van der Waals surface area contributed by atoms with E-state index in [2.05, 4.69) is 5.32 Å². The summed E-state index contributed by atoms with van der Waals surface area (Å²) < 4.78 is 0. The largest absolute Gasteiger partial charge is 0.349 e. The Morgan fingerprint density at radius 2 is 2.00 bits per heavy atom. The van der Waals surface area contributed by atoms with Crippen LogP contribution >= 0.6 is 11.3 Å². The van der Waals surface area contributed by atoms with Crippen LogP contribution in [0.1, 0.15) is 48.9 Å². The number of hydrogen-bond donors (Lipinski definition) is 1. The van der Waals surface area contributed by atoms with Crippen LogP contribution in [0.25, 0.3) is 0 Å². The van der Waals surface area contributed by atoms with Gasteiger partial charge in [0.15, 0.2) is 0 Å². The number of carbonyl (C=O) groups excluding carboxylic acids is 1. The Balaban J connectivity index is 1.87. The number of hydrogen-bond acceptors (Lipinski definition) is 2. The number of rotatable bonds is 2. The maximum atomic E-state index is 11.8. The molecular formula is C12H17NOS. The van der Waals surface area contributed by atoms with E-state index in [-0.39, 0.29) is 5.91 Å². The Morgan fingerprint density at radius 1 is 1.27 bits per heavy atom. The van der Waals surface area contributed by atoms with Crippen LogP contribution in [0.5, 0.6) is 0 Å². The van der Waals surface area contributed by atoms with Crippen molar-refractivity contribution in [1.29, 1.82) is 0 Å². The zero-order chi connectivity index (χ0) is 10.5. The fourth-order valence-electron chi connectivity index (χ4n) is 2.09. The SMILES string of the molecule is O=C(NC1CCCCCC1)c1ccsc1. The van der Waals surface area contributed by atoms with E-state index in [0.717, 1.165) is 18.4 Å². The highest BCUT2D eigenvalue weighted by Gasteiger charge is 2.15. The molecule has 1 saturated carbocycles. The van der Waals surface area contributed by atoms with Gasteiger partial charge < -0.3 is 5.32 Å². The molecule has 2 nitrogen and oxygen atoms in total. The van der Waals surface area contributed by atoms with Crippen LogP contribution in [0, 0.1) is 0 Å². The molecule has 82 valence electrons. The Hall–Kier alpha value is -0.830. The maximum absolute atomic E-state index is 11.8. The van der Waals surface area contributed by atoms with Crippen molar-refractivity contribution in [2.24, 2.45) is 0 Å². The van der Waals surface area contributed by atoms with E-state index in [1.807, 2.05) is 16.8 Å². The molecule has 1 fully saturated rings. The summed E-state index contributed by atoms with van der Waals surface area (Å²) in [5.41, 5.74) is 0.809. The van der Waals surface area contributed by atoms with Crippen LogP contribution in [0.15, 0.2) is 16.8 Å². The monoisotopic (exact) mass is 223 g/mol. The van der Waals surface area contributed by atoms with Crippen LogP contribution in [0.2, 0.25) is 0 Å². The molecule has 0 bridgehead atoms. The molecule has 1 aromatic rings. The fraction of sp³-hybridized carbons (Fsp3) is 0.583. The Labute approximate surface area is 94.7 Å². The number of thiophene rings is 1. The van der Waals surface area contributed by atoms with Gasteiger partial charge in [-0.2, -0.15) is 11.3 Å². The molecule has 1 amide bonds. The molecule has 0 radical (unpaired) electrons. The Kier molecular flexibility index (Phi) is 3.78. The van der Waals surface area contributed by atoms with E-state index in [9.17, 15) is 4.79 Å². The molecule has 0 aliphatic heterocycles. The number of amides is 1. The molecule has 3 heteroatoms. The molecule has 0 spiro atoms. The van der Waals surface area contributed by atoms with Gasteiger partial charge in [0.25, 0.3) is 5.91 Å². The van der Waals surface area contributed by atoms with Crippen molar-refractivity contribution in [1.82, 2.24) is 5.32 Å². The minimum atomic E-state index is 0.100. The summed E-state index contributed by atoms with van der Waals surface area (Å²) in [6.07, 6.45) is 7.46. The molecule has 1 heterocycles. The van der Waals surface area contributed by atoms with E-state index < -0.39 is 0 Å². The molecule has 1 aliphatic rings. The van der Waals surface area contributed by atoms with Gasteiger partial charge in [-0.25, -0.2) is 0 Å². The zero-order valence-electron chi connectivity index (χ0n) is 8.87. The first kappa shape index (κ1) is 10.7. The highest BCUT2D eigenvalue weighted by atomic mass is 32.1. The molecule has 1 N–H and O–H groups in total. The van der Waals surface area contributed by atoms with Gasteiger partial charge in [0.05, 0.1) is 0 Å². The average molecular weight is 223 g/mol. The molecule has 0 saturated heterocycles. The first-order valence-corrected chi connectivity index (χ1v) is 6.63. The third-order valence-corrected chi connectivity index (χ3v) is 3.66. The molecule has 2 rings (SSSR count). The second-order valence-electron chi connectivity index (χ2n) is 4.17. The predicted molar refractivity (Wildman–Crippen MR) is 63.3 cm³/mol. The van der Waals surface area contributed by atoms with Crippen LogP contribution < -0.4 is 5.32 Å². The summed E-state index contributed by atoms with van der Waals surface area (Å²) in [6.45, 7) is 0. The van der Waals surface area contributed by atoms with Gasteiger partial charge in [0, 0.05) is 17.0 Å². The standard InChI is InChI=1S/C12H17NOS/c14-12(10-7-8-15-9-10)13-11-5-3-1-2-4-6-11/h7-9,11H,1-6H2,(H,13,14). The third kappa shape index (κ3) is 3.06. The van der Waals surface area contributed by atoms with Crippen LogP contribution in [-0.4, -0.2) is 11.9 Å². The first-order chi connectivity index (χ1) is 7.36. The summed E-state index contributed by atoms with van der Waals surface area (Å²) in [7, 11) is 0. The van der Waals surface area contributed by atoms with Gasteiger partial charge in [-0.3, -0.25) is 4.79 Å². The first-order valence-electron chi connectivity index (χ1n) is 5.69. The predicted octanol–water partition coefficient (Wildman–Crippen LogP) is 3.20. The van der Waals surface area contributed by atoms with E-state index in [1.165, 1.54) is 25.7 Å². The molecule has 0 unspecified atom stereocenters. The Bertz CT molecular complexity index is 299. The highest BCUT2D eigenvalue weighted by Crippen LogP contribution is 2.17. The Morgan fingerprint density at radius 3 is 2.60 bits per heavy atom.